The summed E-state index contributed by atoms with van der Waals surface area (Å²) in [5, 5.41) is 3.30. The van der Waals surface area contributed by atoms with Gasteiger partial charge in [-0.2, -0.15) is 0 Å². The Labute approximate surface area is 110 Å². The molecule has 0 aromatic rings. The molecule has 1 N–H and O–H groups in total. The van der Waals surface area contributed by atoms with Crippen LogP contribution in [0.2, 0.25) is 0 Å². The maximum absolute atomic E-state index is 10.6. The minimum atomic E-state index is 0.0345. The first-order valence-corrected chi connectivity index (χ1v) is 6.56. The van der Waals surface area contributed by atoms with Crippen LogP contribution in [0.5, 0.6) is 0 Å². The molecular weight excluding hydrogens is 234 g/mol. The topological polar surface area (TPSA) is 56.8 Å². The fraction of sp³-hybridized carbons (Fsp3) is 0.923. The highest BCUT2D eigenvalue weighted by Gasteiger charge is 1.95. The van der Waals surface area contributed by atoms with Crippen LogP contribution < -0.4 is 5.32 Å². The molecule has 5 nitrogen and oxygen atoms in total. The van der Waals surface area contributed by atoms with Gasteiger partial charge in [0, 0.05) is 6.54 Å². The van der Waals surface area contributed by atoms with Crippen LogP contribution in [0, 0.1) is 5.92 Å². The average molecular weight is 261 g/mol. The van der Waals surface area contributed by atoms with E-state index in [4.69, 9.17) is 14.2 Å². The second-order valence-electron chi connectivity index (χ2n) is 4.58. The largest absolute Gasteiger partial charge is 0.378 e. The Balaban J connectivity index is 2.97. The first kappa shape index (κ1) is 17.5. The lowest BCUT2D eigenvalue weighted by molar-refractivity contribution is -0.122. The van der Waals surface area contributed by atoms with E-state index in [0.717, 1.165) is 13.1 Å². The second kappa shape index (κ2) is 13.0. The van der Waals surface area contributed by atoms with Gasteiger partial charge in [-0.3, -0.25) is 4.79 Å². The van der Waals surface area contributed by atoms with Gasteiger partial charge in [0.1, 0.15) is 6.61 Å². The van der Waals surface area contributed by atoms with Gasteiger partial charge >= 0.3 is 0 Å². The highest BCUT2D eigenvalue weighted by atomic mass is 16.5. The van der Waals surface area contributed by atoms with Crippen LogP contribution in [0.25, 0.3) is 0 Å². The van der Waals surface area contributed by atoms with E-state index in [9.17, 15) is 4.79 Å². The SMILES string of the molecule is CC(=O)COCCOCCOCCNCC(C)C. The summed E-state index contributed by atoms with van der Waals surface area (Å²) >= 11 is 0. The van der Waals surface area contributed by atoms with Crippen LogP contribution in [0.15, 0.2) is 0 Å². The van der Waals surface area contributed by atoms with E-state index >= 15 is 0 Å². The van der Waals surface area contributed by atoms with E-state index in [1.165, 1.54) is 6.92 Å². The molecule has 0 aliphatic rings. The summed E-state index contributed by atoms with van der Waals surface area (Å²) in [5.41, 5.74) is 0. The van der Waals surface area contributed by atoms with Crippen molar-refractivity contribution in [2.45, 2.75) is 20.8 Å². The predicted molar refractivity (Wildman–Crippen MR) is 70.8 cm³/mol. The number of hydrogen-bond acceptors (Lipinski definition) is 5. The number of nitrogens with one attached hydrogen (secondary N) is 1. The van der Waals surface area contributed by atoms with Crippen molar-refractivity contribution < 1.29 is 19.0 Å². The van der Waals surface area contributed by atoms with Crippen molar-refractivity contribution in [3.63, 3.8) is 0 Å². The Bertz CT molecular complexity index is 197. The summed E-state index contributed by atoms with van der Waals surface area (Å²) < 4.78 is 15.7. The molecule has 0 unspecified atom stereocenters. The first-order chi connectivity index (χ1) is 8.63. The number of carbonyl (C=O) groups is 1. The fourth-order valence-electron chi connectivity index (χ4n) is 1.19. The van der Waals surface area contributed by atoms with Crippen LogP contribution in [-0.4, -0.2) is 58.5 Å². The standard InChI is InChI=1S/C13H27NO4/c1-12(2)10-14-4-5-16-6-7-17-8-9-18-11-13(3)15/h12,14H,4-11H2,1-3H3. The zero-order valence-corrected chi connectivity index (χ0v) is 11.9. The molecule has 0 aliphatic heterocycles. The Morgan fingerprint density at radius 3 is 2.11 bits per heavy atom. The van der Waals surface area contributed by atoms with Gasteiger partial charge in [0.05, 0.1) is 33.0 Å². The maximum Gasteiger partial charge on any atom is 0.155 e. The Kier molecular flexibility index (Phi) is 12.6. The van der Waals surface area contributed by atoms with E-state index in [1.54, 1.807) is 0 Å². The number of hydrogen-bond donors (Lipinski definition) is 1. The van der Waals surface area contributed by atoms with Gasteiger partial charge in [-0.15, -0.1) is 0 Å². The van der Waals surface area contributed by atoms with Crippen molar-refractivity contribution in [1.82, 2.24) is 5.32 Å². The molecular formula is C13H27NO4. The molecule has 0 rings (SSSR count). The van der Waals surface area contributed by atoms with Crippen molar-refractivity contribution >= 4 is 5.78 Å². The molecule has 5 heteroatoms. The van der Waals surface area contributed by atoms with Crippen molar-refractivity contribution in [1.29, 1.82) is 0 Å². The monoisotopic (exact) mass is 261 g/mol. The van der Waals surface area contributed by atoms with Crippen LogP contribution in [0.3, 0.4) is 0 Å². The summed E-state index contributed by atoms with van der Waals surface area (Å²) in [4.78, 5) is 10.6. The number of carbonyl (C=O) groups excluding carboxylic acids is 1. The van der Waals surface area contributed by atoms with Crippen molar-refractivity contribution in [2.75, 3.05) is 52.7 Å². The van der Waals surface area contributed by atoms with Gasteiger partial charge in [-0.25, -0.2) is 0 Å². The van der Waals surface area contributed by atoms with Crippen LogP contribution in [-0.2, 0) is 19.0 Å². The van der Waals surface area contributed by atoms with Crippen LogP contribution in [0.4, 0.5) is 0 Å². The normalized spacial score (nSPS) is 11.1. The molecule has 0 saturated heterocycles. The highest BCUT2D eigenvalue weighted by molar-refractivity contribution is 5.76. The van der Waals surface area contributed by atoms with Gasteiger partial charge in [-0.05, 0) is 19.4 Å². The zero-order chi connectivity index (χ0) is 13.6. The molecule has 0 spiro atoms. The van der Waals surface area contributed by atoms with E-state index in [0.29, 0.717) is 39.0 Å². The summed E-state index contributed by atoms with van der Waals surface area (Å²) in [7, 11) is 0. The van der Waals surface area contributed by atoms with Gasteiger partial charge in [-0.1, -0.05) is 13.8 Å². The maximum atomic E-state index is 10.6. The Morgan fingerprint density at radius 1 is 1.00 bits per heavy atom. The molecule has 0 atom stereocenters. The van der Waals surface area contributed by atoms with Gasteiger partial charge < -0.3 is 19.5 Å². The third kappa shape index (κ3) is 15.5. The molecule has 0 amide bonds. The molecule has 0 aromatic carbocycles. The number of ether oxygens (including phenoxy) is 3. The fourth-order valence-corrected chi connectivity index (χ4v) is 1.19. The summed E-state index contributed by atoms with van der Waals surface area (Å²) in [6, 6.07) is 0. The van der Waals surface area contributed by atoms with E-state index in [1.807, 2.05) is 0 Å². The lowest BCUT2D eigenvalue weighted by atomic mass is 10.2. The predicted octanol–water partition coefficient (Wildman–Crippen LogP) is 0.871. The van der Waals surface area contributed by atoms with Crippen molar-refractivity contribution in [2.24, 2.45) is 5.92 Å². The van der Waals surface area contributed by atoms with Gasteiger partial charge in [0.25, 0.3) is 0 Å². The second-order valence-corrected chi connectivity index (χ2v) is 4.58. The highest BCUT2D eigenvalue weighted by Crippen LogP contribution is 1.86. The van der Waals surface area contributed by atoms with Gasteiger partial charge in [0.15, 0.2) is 5.78 Å². The lowest BCUT2D eigenvalue weighted by Gasteiger charge is -2.08. The minimum Gasteiger partial charge on any atom is -0.378 e. The molecule has 0 aromatic heterocycles. The lowest BCUT2D eigenvalue weighted by Crippen LogP contribution is -2.24. The van der Waals surface area contributed by atoms with Crippen molar-refractivity contribution in [3.05, 3.63) is 0 Å². The molecule has 0 bridgehead atoms. The summed E-state index contributed by atoms with van der Waals surface area (Å²) in [6.45, 7) is 10.7. The van der Waals surface area contributed by atoms with Crippen molar-refractivity contribution in [3.8, 4) is 0 Å². The zero-order valence-electron chi connectivity index (χ0n) is 11.9. The van der Waals surface area contributed by atoms with Crippen LogP contribution >= 0.6 is 0 Å². The third-order valence-corrected chi connectivity index (χ3v) is 2.03. The van der Waals surface area contributed by atoms with E-state index in [2.05, 4.69) is 19.2 Å². The Hall–Kier alpha value is -0.490. The molecule has 108 valence electrons. The average Bonchev–Trinajstić information content (AvgIpc) is 2.29. The number of Topliss-reactive ketones (excluding diaryl/α,β-unsaturated/α-hetero) is 1. The molecule has 0 fully saturated rings. The molecule has 0 aliphatic carbocycles. The third-order valence-electron chi connectivity index (χ3n) is 2.03. The molecule has 0 radical (unpaired) electrons. The Morgan fingerprint density at radius 2 is 1.56 bits per heavy atom. The summed E-state index contributed by atoms with van der Waals surface area (Å²) in [5.74, 6) is 0.704. The molecule has 18 heavy (non-hydrogen) atoms. The first-order valence-electron chi connectivity index (χ1n) is 6.56. The smallest absolute Gasteiger partial charge is 0.155 e. The molecule has 0 heterocycles. The molecule has 0 saturated carbocycles. The van der Waals surface area contributed by atoms with Gasteiger partial charge in [0.2, 0.25) is 0 Å². The van der Waals surface area contributed by atoms with E-state index in [-0.39, 0.29) is 12.4 Å². The van der Waals surface area contributed by atoms with Crippen LogP contribution in [0.1, 0.15) is 20.8 Å². The number of ketones is 1. The minimum absolute atomic E-state index is 0.0345. The quantitative estimate of drug-likeness (QED) is 0.499. The van der Waals surface area contributed by atoms with E-state index < -0.39 is 0 Å². The number of rotatable bonds is 13. The summed E-state index contributed by atoms with van der Waals surface area (Å²) in [6.07, 6.45) is 0.